The molecule has 0 fully saturated rings. The Bertz CT molecular complexity index is 1030. The monoisotopic (exact) mass is 320 g/mol. The zero-order chi connectivity index (χ0) is 16.5. The summed E-state index contributed by atoms with van der Waals surface area (Å²) in [6.07, 6.45) is 5.50. The third-order valence-corrected chi connectivity index (χ3v) is 3.96. The highest BCUT2D eigenvalue weighted by molar-refractivity contribution is 6.05. The Labute approximate surface area is 137 Å². The van der Waals surface area contributed by atoms with Crippen LogP contribution in [-0.2, 0) is 13.1 Å². The van der Waals surface area contributed by atoms with Crippen LogP contribution in [0.5, 0.6) is 0 Å². The van der Waals surface area contributed by atoms with Crippen LogP contribution in [0.2, 0.25) is 0 Å². The normalized spacial score (nSPS) is 11.2. The molecule has 0 saturated heterocycles. The van der Waals surface area contributed by atoms with Crippen molar-refractivity contribution in [2.45, 2.75) is 13.1 Å². The molecule has 0 unspecified atom stereocenters. The van der Waals surface area contributed by atoms with Crippen molar-refractivity contribution in [3.63, 3.8) is 0 Å². The van der Waals surface area contributed by atoms with Gasteiger partial charge in [0.2, 0.25) is 0 Å². The van der Waals surface area contributed by atoms with Gasteiger partial charge in [-0.05, 0) is 23.8 Å². The molecule has 0 atom stereocenters. The van der Waals surface area contributed by atoms with Gasteiger partial charge in [-0.15, -0.1) is 0 Å². The van der Waals surface area contributed by atoms with Crippen LogP contribution in [0.3, 0.4) is 0 Å². The number of carbonyl (C=O) groups excluding carboxylic acids is 1. The molecule has 120 valence electrons. The van der Waals surface area contributed by atoms with E-state index in [4.69, 9.17) is 5.73 Å². The third-order valence-electron chi connectivity index (χ3n) is 3.96. The molecule has 7 heteroatoms. The summed E-state index contributed by atoms with van der Waals surface area (Å²) in [7, 11) is 0. The number of nitrogens with zero attached hydrogens (tertiary/aromatic N) is 3. The number of aromatic nitrogens is 4. The number of pyridine rings is 1. The molecule has 0 spiro atoms. The van der Waals surface area contributed by atoms with E-state index in [2.05, 4.69) is 20.5 Å². The van der Waals surface area contributed by atoms with Crippen LogP contribution in [-0.4, -0.2) is 25.5 Å². The number of nitrogens with one attached hydrogen (secondary N) is 2. The molecular formula is C17H16N6O. The maximum absolute atomic E-state index is 12.4. The maximum Gasteiger partial charge on any atom is 0.252 e. The van der Waals surface area contributed by atoms with Gasteiger partial charge in [-0.3, -0.25) is 9.89 Å². The van der Waals surface area contributed by atoms with E-state index < -0.39 is 0 Å². The molecule has 1 aromatic carbocycles. The smallest absolute Gasteiger partial charge is 0.252 e. The lowest BCUT2D eigenvalue weighted by atomic mass is 10.1. The Kier molecular flexibility index (Phi) is 3.47. The minimum Gasteiger partial charge on any atom is -0.346 e. The van der Waals surface area contributed by atoms with Gasteiger partial charge in [-0.2, -0.15) is 5.10 Å². The summed E-state index contributed by atoms with van der Waals surface area (Å²) >= 11 is 0. The van der Waals surface area contributed by atoms with Crippen LogP contribution in [0.1, 0.15) is 21.6 Å². The summed E-state index contributed by atoms with van der Waals surface area (Å²) < 4.78 is 1.92. The standard InChI is InChI=1S/C17H16N6O/c18-6-11-4-5-16-21-12(10-23(16)9-11)7-19-17(24)13-2-1-3-15-14(13)8-20-22-15/h1-5,8-10H,6-7,18H2,(H,19,24)(H,20,22). The third kappa shape index (κ3) is 2.50. The van der Waals surface area contributed by atoms with Crippen LogP contribution in [0.25, 0.3) is 16.6 Å². The van der Waals surface area contributed by atoms with Gasteiger partial charge >= 0.3 is 0 Å². The molecule has 0 radical (unpaired) electrons. The number of carbonyl (C=O) groups is 1. The molecule has 4 rings (SSSR count). The van der Waals surface area contributed by atoms with Crippen molar-refractivity contribution in [2.75, 3.05) is 0 Å². The van der Waals surface area contributed by atoms with E-state index in [0.29, 0.717) is 18.7 Å². The predicted octanol–water partition coefficient (Wildman–Crippen LogP) is 1.60. The Hall–Kier alpha value is -3.19. The molecule has 7 nitrogen and oxygen atoms in total. The van der Waals surface area contributed by atoms with Crippen molar-refractivity contribution in [1.29, 1.82) is 0 Å². The van der Waals surface area contributed by atoms with Crippen LogP contribution < -0.4 is 11.1 Å². The first-order valence-corrected chi connectivity index (χ1v) is 7.61. The molecule has 0 saturated carbocycles. The molecule has 4 aromatic rings. The van der Waals surface area contributed by atoms with E-state index in [1.807, 2.05) is 41.1 Å². The highest BCUT2D eigenvalue weighted by Gasteiger charge is 2.11. The molecule has 0 aliphatic heterocycles. The van der Waals surface area contributed by atoms with Crippen LogP contribution in [0.4, 0.5) is 0 Å². The molecular weight excluding hydrogens is 304 g/mol. The minimum atomic E-state index is -0.151. The number of nitrogens with two attached hydrogens (primary N) is 1. The topological polar surface area (TPSA) is 101 Å². The SMILES string of the molecule is NCc1ccc2nc(CNC(=O)c3cccc4[nH]ncc34)cn2c1. The number of imidazole rings is 1. The van der Waals surface area contributed by atoms with E-state index in [0.717, 1.165) is 27.8 Å². The fraction of sp³-hybridized carbons (Fsp3) is 0.118. The van der Waals surface area contributed by atoms with Crippen LogP contribution in [0.15, 0.2) is 48.9 Å². The molecule has 24 heavy (non-hydrogen) atoms. The van der Waals surface area contributed by atoms with Gasteiger partial charge in [0, 0.05) is 24.3 Å². The molecule has 0 aliphatic carbocycles. The van der Waals surface area contributed by atoms with Crippen molar-refractivity contribution < 1.29 is 4.79 Å². The van der Waals surface area contributed by atoms with E-state index in [1.165, 1.54) is 0 Å². The number of amides is 1. The lowest BCUT2D eigenvalue weighted by molar-refractivity contribution is 0.0952. The molecule has 0 aliphatic rings. The number of fused-ring (bicyclic) bond motifs is 2. The fourth-order valence-corrected chi connectivity index (χ4v) is 2.73. The second-order valence-corrected chi connectivity index (χ2v) is 5.56. The summed E-state index contributed by atoms with van der Waals surface area (Å²) in [5.41, 5.74) is 9.72. The number of hydrogen-bond acceptors (Lipinski definition) is 4. The number of H-pyrrole nitrogens is 1. The van der Waals surface area contributed by atoms with Gasteiger partial charge in [0.15, 0.2) is 0 Å². The average Bonchev–Trinajstić information content (AvgIpc) is 3.24. The van der Waals surface area contributed by atoms with Gasteiger partial charge in [-0.25, -0.2) is 4.98 Å². The summed E-state index contributed by atoms with van der Waals surface area (Å²) in [6.45, 7) is 0.835. The zero-order valence-corrected chi connectivity index (χ0v) is 12.9. The predicted molar refractivity (Wildman–Crippen MR) is 90.3 cm³/mol. The van der Waals surface area contributed by atoms with Gasteiger partial charge < -0.3 is 15.5 Å². The molecule has 4 N–H and O–H groups in total. The lowest BCUT2D eigenvalue weighted by Gasteiger charge is -2.04. The first-order valence-electron chi connectivity index (χ1n) is 7.61. The lowest BCUT2D eigenvalue weighted by Crippen LogP contribution is -2.23. The fourth-order valence-electron chi connectivity index (χ4n) is 2.73. The quantitative estimate of drug-likeness (QED) is 0.531. The number of rotatable bonds is 4. The number of benzene rings is 1. The van der Waals surface area contributed by atoms with E-state index >= 15 is 0 Å². The van der Waals surface area contributed by atoms with Gasteiger partial charge in [0.25, 0.3) is 5.91 Å². The van der Waals surface area contributed by atoms with E-state index in [1.54, 1.807) is 12.3 Å². The van der Waals surface area contributed by atoms with E-state index in [-0.39, 0.29) is 5.91 Å². The second kappa shape index (κ2) is 5.78. The number of hydrogen-bond donors (Lipinski definition) is 3. The molecule has 3 aromatic heterocycles. The minimum absolute atomic E-state index is 0.151. The largest absolute Gasteiger partial charge is 0.346 e. The van der Waals surface area contributed by atoms with Crippen molar-refractivity contribution in [3.05, 3.63) is 65.7 Å². The van der Waals surface area contributed by atoms with E-state index in [9.17, 15) is 4.79 Å². The van der Waals surface area contributed by atoms with Crippen LogP contribution in [0, 0.1) is 0 Å². The zero-order valence-electron chi connectivity index (χ0n) is 12.9. The van der Waals surface area contributed by atoms with Crippen molar-refractivity contribution in [3.8, 4) is 0 Å². The van der Waals surface area contributed by atoms with Gasteiger partial charge in [0.05, 0.1) is 29.5 Å². The second-order valence-electron chi connectivity index (χ2n) is 5.56. The Balaban J connectivity index is 1.54. The summed E-state index contributed by atoms with van der Waals surface area (Å²) in [6, 6.07) is 9.36. The summed E-state index contributed by atoms with van der Waals surface area (Å²) in [5.74, 6) is -0.151. The molecule has 3 heterocycles. The number of aromatic amines is 1. The summed E-state index contributed by atoms with van der Waals surface area (Å²) in [4.78, 5) is 16.9. The van der Waals surface area contributed by atoms with Gasteiger partial charge in [-0.1, -0.05) is 12.1 Å². The first kappa shape index (κ1) is 14.4. The first-order chi connectivity index (χ1) is 11.7. The molecule has 0 bridgehead atoms. The van der Waals surface area contributed by atoms with Crippen molar-refractivity contribution >= 4 is 22.5 Å². The Morgan fingerprint density at radius 1 is 1.25 bits per heavy atom. The summed E-state index contributed by atoms with van der Waals surface area (Å²) in [5, 5.41) is 10.5. The maximum atomic E-state index is 12.4. The van der Waals surface area contributed by atoms with Gasteiger partial charge in [0.1, 0.15) is 5.65 Å². The molecule has 1 amide bonds. The van der Waals surface area contributed by atoms with Crippen LogP contribution >= 0.6 is 0 Å². The Morgan fingerprint density at radius 2 is 2.17 bits per heavy atom. The average molecular weight is 320 g/mol. The van der Waals surface area contributed by atoms with Crippen molar-refractivity contribution in [2.24, 2.45) is 5.73 Å². The van der Waals surface area contributed by atoms with Crippen molar-refractivity contribution in [1.82, 2.24) is 24.9 Å². The highest BCUT2D eigenvalue weighted by Crippen LogP contribution is 2.16. The highest BCUT2D eigenvalue weighted by atomic mass is 16.1. The Morgan fingerprint density at radius 3 is 3.04 bits per heavy atom.